The number of hydrogen-bond acceptors (Lipinski definition) is 5. The molecule has 3 aromatic rings. The quantitative estimate of drug-likeness (QED) is 0.556. The van der Waals surface area contributed by atoms with Gasteiger partial charge in [-0.25, -0.2) is 13.4 Å². The zero-order valence-electron chi connectivity index (χ0n) is 19.5. The molecule has 0 spiro atoms. The van der Waals surface area contributed by atoms with E-state index in [1.165, 1.54) is 11.3 Å². The Morgan fingerprint density at radius 1 is 1.03 bits per heavy atom. The molecule has 3 heterocycles. The maximum Gasteiger partial charge on any atom is 0.265 e. The first-order valence-electron chi connectivity index (χ1n) is 11.2. The average Bonchev–Trinajstić information content (AvgIpc) is 3.15. The molecule has 0 unspecified atom stereocenters. The summed E-state index contributed by atoms with van der Waals surface area (Å²) in [6, 6.07) is 8.86. The lowest BCUT2D eigenvalue weighted by Crippen LogP contribution is -2.31. The van der Waals surface area contributed by atoms with E-state index in [4.69, 9.17) is 0 Å². The minimum Gasteiger partial charge on any atom is -0.345 e. The molecule has 1 aliphatic heterocycles. The van der Waals surface area contributed by atoms with E-state index in [1.54, 1.807) is 25.1 Å². The Labute approximate surface area is 199 Å². The lowest BCUT2D eigenvalue weighted by molar-refractivity contribution is 0.0765. The molecule has 1 amide bonds. The number of carbonyl (C=O) groups excluding carboxylic acids is 1. The van der Waals surface area contributed by atoms with Crippen molar-refractivity contribution in [1.82, 2.24) is 14.5 Å². The van der Waals surface area contributed by atoms with Crippen LogP contribution in [0.3, 0.4) is 0 Å². The van der Waals surface area contributed by atoms with Crippen molar-refractivity contribution in [3.05, 3.63) is 52.2 Å². The van der Waals surface area contributed by atoms with E-state index in [0.29, 0.717) is 32.7 Å². The van der Waals surface area contributed by atoms with Gasteiger partial charge < -0.3 is 9.47 Å². The number of anilines is 1. The van der Waals surface area contributed by atoms with Gasteiger partial charge in [-0.2, -0.15) is 0 Å². The topological polar surface area (TPSA) is 84.3 Å². The molecule has 0 radical (unpaired) electrons. The molecule has 1 saturated heterocycles. The molecule has 2 aromatic heterocycles. The molecule has 7 nitrogen and oxygen atoms in total. The largest absolute Gasteiger partial charge is 0.345 e. The molecule has 1 aliphatic rings. The number of rotatable bonds is 5. The maximum absolute atomic E-state index is 13.1. The second-order valence-corrected chi connectivity index (χ2v) is 11.3. The fraction of sp³-hybridized carbons (Fsp3) is 0.417. The van der Waals surface area contributed by atoms with E-state index in [2.05, 4.69) is 9.71 Å². The summed E-state index contributed by atoms with van der Waals surface area (Å²) in [5.41, 5.74) is 3.55. The van der Waals surface area contributed by atoms with Gasteiger partial charge in [-0.1, -0.05) is 30.5 Å². The average molecular weight is 487 g/mol. The first kappa shape index (κ1) is 23.5. The minimum atomic E-state index is -3.78. The summed E-state index contributed by atoms with van der Waals surface area (Å²) in [7, 11) is -1.95. The summed E-state index contributed by atoms with van der Waals surface area (Å²) in [5.74, 6) is 0.0259. The van der Waals surface area contributed by atoms with Gasteiger partial charge in [0.05, 0.1) is 11.4 Å². The van der Waals surface area contributed by atoms with E-state index in [1.807, 2.05) is 42.5 Å². The van der Waals surface area contributed by atoms with Gasteiger partial charge in [0.25, 0.3) is 15.9 Å². The van der Waals surface area contributed by atoms with Gasteiger partial charge in [0, 0.05) is 31.5 Å². The fourth-order valence-corrected chi connectivity index (χ4v) is 6.54. The van der Waals surface area contributed by atoms with Crippen LogP contribution >= 0.6 is 11.3 Å². The summed E-state index contributed by atoms with van der Waals surface area (Å²) < 4.78 is 30.7. The molecule has 0 saturated carbocycles. The number of sulfonamides is 1. The number of thiazole rings is 1. The Morgan fingerprint density at radius 2 is 1.67 bits per heavy atom. The van der Waals surface area contributed by atoms with Crippen LogP contribution in [0, 0.1) is 20.8 Å². The molecule has 176 valence electrons. The highest BCUT2D eigenvalue weighted by Gasteiger charge is 2.27. The summed E-state index contributed by atoms with van der Waals surface area (Å²) in [4.78, 5) is 20.6. The van der Waals surface area contributed by atoms with Gasteiger partial charge in [-0.15, -0.1) is 11.3 Å². The number of carbonyl (C=O) groups is 1. The molecular weight excluding hydrogens is 456 g/mol. The summed E-state index contributed by atoms with van der Waals surface area (Å²) in [5, 5.41) is 0.646. The highest BCUT2D eigenvalue weighted by atomic mass is 32.2. The Kier molecular flexibility index (Phi) is 6.63. The van der Waals surface area contributed by atoms with Gasteiger partial charge >= 0.3 is 0 Å². The van der Waals surface area contributed by atoms with Crippen LogP contribution in [0.2, 0.25) is 0 Å². The van der Waals surface area contributed by atoms with Crippen molar-refractivity contribution in [1.29, 1.82) is 0 Å². The van der Waals surface area contributed by atoms with E-state index in [-0.39, 0.29) is 10.8 Å². The Bertz CT molecular complexity index is 1270. The van der Waals surface area contributed by atoms with Crippen molar-refractivity contribution in [2.75, 3.05) is 17.8 Å². The van der Waals surface area contributed by atoms with Crippen LogP contribution in [0.4, 0.5) is 5.69 Å². The number of likely N-dealkylation sites (tertiary alicyclic amines) is 1. The fourth-order valence-electron chi connectivity index (χ4n) is 4.10. The molecule has 0 aliphatic carbocycles. The molecule has 1 N–H and O–H groups in total. The van der Waals surface area contributed by atoms with E-state index >= 15 is 0 Å². The lowest BCUT2D eigenvalue weighted by atomic mass is 10.2. The standard InChI is InChI=1S/C24H30N4O3S2/c1-16-9-11-19(12-10-16)26-33(30,31)21-15-20(27(4)18(21)3)23-25-17(2)22(32-23)24(29)28-13-7-5-6-8-14-28/h9-12,15,26H,5-8,13-14H2,1-4H3. The van der Waals surface area contributed by atoms with Crippen molar-refractivity contribution >= 4 is 33.0 Å². The van der Waals surface area contributed by atoms with Crippen LogP contribution in [0.5, 0.6) is 0 Å². The molecule has 1 fully saturated rings. The van der Waals surface area contributed by atoms with Crippen LogP contribution in [-0.2, 0) is 17.1 Å². The summed E-state index contributed by atoms with van der Waals surface area (Å²) in [6.45, 7) is 7.13. The number of hydrogen-bond donors (Lipinski definition) is 1. The Hall–Kier alpha value is -2.65. The zero-order valence-corrected chi connectivity index (χ0v) is 21.1. The predicted molar refractivity (Wildman–Crippen MR) is 132 cm³/mol. The van der Waals surface area contributed by atoms with E-state index < -0.39 is 10.0 Å². The SMILES string of the molecule is Cc1ccc(NS(=O)(=O)c2cc(-c3nc(C)c(C(=O)N4CCCCCC4)s3)n(C)c2C)cc1. The molecule has 0 bridgehead atoms. The Balaban J connectivity index is 1.64. The van der Waals surface area contributed by atoms with Crippen molar-refractivity contribution in [2.45, 2.75) is 51.3 Å². The molecule has 9 heteroatoms. The highest BCUT2D eigenvalue weighted by Crippen LogP contribution is 2.33. The van der Waals surface area contributed by atoms with Gasteiger partial charge in [0.15, 0.2) is 0 Å². The van der Waals surface area contributed by atoms with Crippen molar-refractivity contribution in [2.24, 2.45) is 7.05 Å². The van der Waals surface area contributed by atoms with Gasteiger partial charge in [-0.3, -0.25) is 9.52 Å². The third-order valence-electron chi connectivity index (χ3n) is 6.19. The summed E-state index contributed by atoms with van der Waals surface area (Å²) >= 11 is 1.34. The monoisotopic (exact) mass is 486 g/mol. The molecule has 33 heavy (non-hydrogen) atoms. The number of benzene rings is 1. The van der Waals surface area contributed by atoms with Crippen LogP contribution in [0.1, 0.15) is 52.3 Å². The Morgan fingerprint density at radius 3 is 2.30 bits per heavy atom. The first-order valence-corrected chi connectivity index (χ1v) is 13.5. The third kappa shape index (κ3) is 4.84. The normalized spacial score (nSPS) is 14.8. The van der Waals surface area contributed by atoms with Crippen LogP contribution in [-0.4, -0.2) is 41.9 Å². The minimum absolute atomic E-state index is 0.0259. The van der Waals surface area contributed by atoms with E-state index in [9.17, 15) is 13.2 Å². The van der Waals surface area contributed by atoms with Crippen LogP contribution in [0.25, 0.3) is 10.7 Å². The predicted octanol–water partition coefficient (Wildman–Crippen LogP) is 4.89. The van der Waals surface area contributed by atoms with Crippen molar-refractivity contribution in [3.63, 3.8) is 0 Å². The molecule has 4 rings (SSSR count). The second-order valence-electron chi connectivity index (χ2n) is 8.65. The maximum atomic E-state index is 13.1. The number of aryl methyl sites for hydroxylation is 2. The van der Waals surface area contributed by atoms with Gasteiger partial charge in [0.2, 0.25) is 0 Å². The van der Waals surface area contributed by atoms with Crippen molar-refractivity contribution < 1.29 is 13.2 Å². The highest BCUT2D eigenvalue weighted by molar-refractivity contribution is 7.92. The molecule has 0 atom stereocenters. The summed E-state index contributed by atoms with van der Waals surface area (Å²) in [6.07, 6.45) is 4.38. The van der Waals surface area contributed by atoms with Crippen LogP contribution in [0.15, 0.2) is 35.2 Å². The molecule has 1 aromatic carbocycles. The lowest BCUT2D eigenvalue weighted by Gasteiger charge is -2.19. The third-order valence-corrected chi connectivity index (χ3v) is 8.85. The number of amides is 1. The van der Waals surface area contributed by atoms with E-state index in [0.717, 1.165) is 44.3 Å². The smallest absolute Gasteiger partial charge is 0.265 e. The number of aromatic nitrogens is 2. The first-order chi connectivity index (χ1) is 15.7. The number of nitrogens with zero attached hydrogens (tertiary/aromatic N) is 3. The van der Waals surface area contributed by atoms with Gasteiger partial charge in [-0.05, 0) is 51.8 Å². The second kappa shape index (κ2) is 9.30. The van der Waals surface area contributed by atoms with Crippen LogP contribution < -0.4 is 4.72 Å². The number of nitrogens with one attached hydrogen (secondary N) is 1. The van der Waals surface area contributed by atoms with Gasteiger partial charge in [0.1, 0.15) is 14.8 Å². The zero-order chi connectivity index (χ0) is 23.8. The molecular formula is C24H30N4O3S2. The van der Waals surface area contributed by atoms with Crippen molar-refractivity contribution in [3.8, 4) is 10.7 Å².